The first kappa shape index (κ1) is 11.3. The molecule has 0 aromatic heterocycles. The van der Waals surface area contributed by atoms with Gasteiger partial charge in [-0.15, -0.1) is 0 Å². The van der Waals surface area contributed by atoms with Crippen LogP contribution >= 0.6 is 0 Å². The molecule has 1 aromatic rings. The van der Waals surface area contributed by atoms with Gasteiger partial charge in [0.15, 0.2) is 0 Å². The lowest BCUT2D eigenvalue weighted by molar-refractivity contribution is -0.00551. The summed E-state index contributed by atoms with van der Waals surface area (Å²) in [5, 5.41) is 9.46. The lowest BCUT2D eigenvalue weighted by atomic mass is 10.1. The van der Waals surface area contributed by atoms with E-state index in [0.717, 1.165) is 31.6 Å². The highest BCUT2D eigenvalue weighted by Crippen LogP contribution is 2.31. The number of hydrogen-bond donors (Lipinski definition) is 1. The fourth-order valence-corrected chi connectivity index (χ4v) is 2.12. The van der Waals surface area contributed by atoms with Crippen LogP contribution in [0.5, 0.6) is 0 Å². The summed E-state index contributed by atoms with van der Waals surface area (Å²) in [6.07, 6.45) is -2.25. The molecule has 1 fully saturated rings. The maximum atomic E-state index is 12.5. The number of hydrogen-bond acceptors (Lipinski definition) is 2. The second-order valence-electron chi connectivity index (χ2n) is 4.03. The number of benzene rings is 1. The smallest absolute Gasteiger partial charge is 0.268 e. The SMILES string of the molecule is OC(c1ccccc1N1CCCC1)C(F)F. The minimum absolute atomic E-state index is 0.333. The largest absolute Gasteiger partial charge is 0.382 e. The molecule has 1 atom stereocenters. The topological polar surface area (TPSA) is 23.5 Å². The predicted molar refractivity (Wildman–Crippen MR) is 58.9 cm³/mol. The van der Waals surface area contributed by atoms with Gasteiger partial charge in [-0.1, -0.05) is 18.2 Å². The van der Waals surface area contributed by atoms with E-state index < -0.39 is 12.5 Å². The first-order valence-corrected chi connectivity index (χ1v) is 5.50. The molecular weight excluding hydrogens is 212 g/mol. The predicted octanol–water partition coefficient (Wildman–Crippen LogP) is 2.59. The van der Waals surface area contributed by atoms with Gasteiger partial charge in [0.25, 0.3) is 6.43 Å². The van der Waals surface area contributed by atoms with Gasteiger partial charge >= 0.3 is 0 Å². The summed E-state index contributed by atoms with van der Waals surface area (Å²) in [6, 6.07) is 6.87. The fourth-order valence-electron chi connectivity index (χ4n) is 2.12. The van der Waals surface area contributed by atoms with Crippen molar-refractivity contribution >= 4 is 5.69 Å². The number of nitrogens with zero attached hydrogens (tertiary/aromatic N) is 1. The van der Waals surface area contributed by atoms with Crippen LogP contribution in [0.3, 0.4) is 0 Å². The number of aliphatic hydroxyl groups excluding tert-OH is 1. The maximum absolute atomic E-state index is 12.5. The van der Waals surface area contributed by atoms with Crippen LogP contribution in [0.4, 0.5) is 14.5 Å². The minimum Gasteiger partial charge on any atom is -0.382 e. The molecule has 1 aliphatic rings. The van der Waals surface area contributed by atoms with Crippen LogP contribution in [-0.4, -0.2) is 24.6 Å². The molecule has 16 heavy (non-hydrogen) atoms. The van der Waals surface area contributed by atoms with E-state index in [1.165, 1.54) is 0 Å². The van der Waals surface area contributed by atoms with E-state index in [1.807, 2.05) is 6.07 Å². The van der Waals surface area contributed by atoms with E-state index >= 15 is 0 Å². The lowest BCUT2D eigenvalue weighted by Crippen LogP contribution is -2.21. The number of anilines is 1. The number of halogens is 2. The highest BCUT2D eigenvalue weighted by molar-refractivity contribution is 5.55. The van der Waals surface area contributed by atoms with Crippen LogP contribution in [0.2, 0.25) is 0 Å². The summed E-state index contributed by atoms with van der Waals surface area (Å²) in [5.74, 6) is 0. The molecule has 4 heteroatoms. The molecule has 1 saturated heterocycles. The molecule has 1 unspecified atom stereocenters. The molecular formula is C12H15F2NO. The summed E-state index contributed by atoms with van der Waals surface area (Å²) in [7, 11) is 0. The molecule has 0 aliphatic carbocycles. The van der Waals surface area contributed by atoms with Crippen LogP contribution in [0.25, 0.3) is 0 Å². The monoisotopic (exact) mass is 227 g/mol. The number of alkyl halides is 2. The van der Waals surface area contributed by atoms with Crippen LogP contribution in [0, 0.1) is 0 Å². The van der Waals surface area contributed by atoms with Crippen LogP contribution in [0.15, 0.2) is 24.3 Å². The van der Waals surface area contributed by atoms with Gasteiger partial charge in [0.05, 0.1) is 0 Å². The average Bonchev–Trinajstić information content (AvgIpc) is 2.81. The molecule has 0 radical (unpaired) electrons. The zero-order chi connectivity index (χ0) is 11.5. The van der Waals surface area contributed by atoms with Gasteiger partial charge in [0.2, 0.25) is 0 Å². The van der Waals surface area contributed by atoms with E-state index in [-0.39, 0.29) is 0 Å². The molecule has 88 valence electrons. The molecule has 1 N–H and O–H groups in total. The second-order valence-corrected chi connectivity index (χ2v) is 4.03. The summed E-state index contributed by atoms with van der Waals surface area (Å²) in [4.78, 5) is 2.06. The highest BCUT2D eigenvalue weighted by atomic mass is 19.3. The third-order valence-corrected chi connectivity index (χ3v) is 2.94. The van der Waals surface area contributed by atoms with Crippen molar-refractivity contribution in [2.45, 2.75) is 25.4 Å². The van der Waals surface area contributed by atoms with Crippen molar-refractivity contribution in [2.24, 2.45) is 0 Å². The van der Waals surface area contributed by atoms with Gasteiger partial charge in [-0.2, -0.15) is 0 Å². The number of rotatable bonds is 3. The minimum atomic E-state index is -2.73. The van der Waals surface area contributed by atoms with Crippen molar-refractivity contribution in [1.82, 2.24) is 0 Å². The Morgan fingerprint density at radius 3 is 2.38 bits per heavy atom. The van der Waals surface area contributed by atoms with Gasteiger partial charge in [0, 0.05) is 24.3 Å². The summed E-state index contributed by atoms with van der Waals surface area (Å²) < 4.78 is 25.0. The van der Waals surface area contributed by atoms with Crippen molar-refractivity contribution in [1.29, 1.82) is 0 Å². The summed E-state index contributed by atoms with van der Waals surface area (Å²) in [5.41, 5.74) is 1.08. The molecule has 1 aliphatic heterocycles. The Kier molecular flexibility index (Phi) is 3.39. The van der Waals surface area contributed by atoms with Crippen LogP contribution in [0.1, 0.15) is 24.5 Å². The third kappa shape index (κ3) is 2.16. The molecule has 1 aromatic carbocycles. The highest BCUT2D eigenvalue weighted by Gasteiger charge is 2.24. The van der Waals surface area contributed by atoms with Crippen LogP contribution < -0.4 is 4.90 Å². The molecule has 0 spiro atoms. The van der Waals surface area contributed by atoms with Crippen molar-refractivity contribution < 1.29 is 13.9 Å². The Hall–Kier alpha value is -1.16. The Morgan fingerprint density at radius 2 is 1.75 bits per heavy atom. The zero-order valence-corrected chi connectivity index (χ0v) is 8.94. The lowest BCUT2D eigenvalue weighted by Gasteiger charge is -2.23. The van der Waals surface area contributed by atoms with Crippen molar-refractivity contribution in [3.63, 3.8) is 0 Å². The van der Waals surface area contributed by atoms with Gasteiger partial charge in [-0.25, -0.2) is 8.78 Å². The van der Waals surface area contributed by atoms with Gasteiger partial charge in [-0.05, 0) is 18.9 Å². The Morgan fingerprint density at radius 1 is 1.12 bits per heavy atom. The second kappa shape index (κ2) is 4.78. The summed E-state index contributed by atoms with van der Waals surface area (Å²) in [6.45, 7) is 1.76. The Bertz CT molecular complexity index is 330. The molecule has 1 heterocycles. The molecule has 2 nitrogen and oxygen atoms in total. The van der Waals surface area contributed by atoms with Gasteiger partial charge in [-0.3, -0.25) is 0 Å². The van der Waals surface area contributed by atoms with Crippen molar-refractivity contribution in [3.8, 4) is 0 Å². The molecule has 0 bridgehead atoms. The number of aliphatic hydroxyl groups is 1. The van der Waals surface area contributed by atoms with E-state index in [4.69, 9.17) is 0 Å². The maximum Gasteiger partial charge on any atom is 0.268 e. The zero-order valence-electron chi connectivity index (χ0n) is 8.94. The van der Waals surface area contributed by atoms with E-state index in [1.54, 1.807) is 18.2 Å². The van der Waals surface area contributed by atoms with Crippen molar-refractivity contribution in [2.75, 3.05) is 18.0 Å². The Balaban J connectivity index is 2.29. The first-order valence-electron chi connectivity index (χ1n) is 5.50. The molecule has 0 amide bonds. The fraction of sp³-hybridized carbons (Fsp3) is 0.500. The van der Waals surface area contributed by atoms with Crippen LogP contribution in [-0.2, 0) is 0 Å². The third-order valence-electron chi connectivity index (χ3n) is 2.94. The molecule has 2 rings (SSSR count). The number of para-hydroxylation sites is 1. The first-order chi connectivity index (χ1) is 7.70. The van der Waals surface area contributed by atoms with E-state index in [2.05, 4.69) is 4.90 Å². The Labute approximate surface area is 93.5 Å². The van der Waals surface area contributed by atoms with E-state index in [9.17, 15) is 13.9 Å². The summed E-state index contributed by atoms with van der Waals surface area (Å²) >= 11 is 0. The van der Waals surface area contributed by atoms with Gasteiger partial charge < -0.3 is 10.0 Å². The normalized spacial score (nSPS) is 18.1. The quantitative estimate of drug-likeness (QED) is 0.858. The average molecular weight is 227 g/mol. The van der Waals surface area contributed by atoms with E-state index in [0.29, 0.717) is 5.56 Å². The molecule has 0 saturated carbocycles. The van der Waals surface area contributed by atoms with Crippen molar-refractivity contribution in [3.05, 3.63) is 29.8 Å². The van der Waals surface area contributed by atoms with Gasteiger partial charge in [0.1, 0.15) is 6.10 Å². The standard InChI is InChI=1S/C12H15F2NO/c13-12(14)11(16)9-5-1-2-6-10(9)15-7-3-4-8-15/h1-2,5-6,11-12,16H,3-4,7-8H2.